The van der Waals surface area contributed by atoms with Gasteiger partial charge in [-0.25, -0.2) is 0 Å². The molecule has 2 N–H and O–H groups in total. The van der Waals surface area contributed by atoms with Crippen LogP contribution in [-0.2, 0) is 0 Å². The molecule has 1 saturated carbocycles. The lowest BCUT2D eigenvalue weighted by atomic mass is 9.66. The van der Waals surface area contributed by atoms with Crippen molar-refractivity contribution in [1.29, 1.82) is 0 Å². The Balaban J connectivity index is 2.68. The fourth-order valence-electron chi connectivity index (χ4n) is 2.64. The van der Waals surface area contributed by atoms with Gasteiger partial charge in [-0.3, -0.25) is 0 Å². The van der Waals surface area contributed by atoms with Crippen LogP contribution >= 0.6 is 0 Å². The van der Waals surface area contributed by atoms with Crippen LogP contribution in [0.15, 0.2) is 0 Å². The highest BCUT2D eigenvalue weighted by molar-refractivity contribution is 4.95. The van der Waals surface area contributed by atoms with Crippen LogP contribution in [0.4, 0.5) is 0 Å². The molecule has 0 heterocycles. The summed E-state index contributed by atoms with van der Waals surface area (Å²) in [6, 6.07) is 0. The molecule has 12 heavy (non-hydrogen) atoms. The summed E-state index contributed by atoms with van der Waals surface area (Å²) < 4.78 is 0. The van der Waals surface area contributed by atoms with E-state index in [9.17, 15) is 0 Å². The molecule has 1 rings (SSSR count). The minimum atomic E-state index is 0.146. The topological polar surface area (TPSA) is 26.0 Å². The van der Waals surface area contributed by atoms with Gasteiger partial charge in [-0.2, -0.15) is 0 Å². The molecule has 0 spiro atoms. The molecule has 0 saturated heterocycles. The minimum Gasteiger partial charge on any atom is -0.325 e. The summed E-state index contributed by atoms with van der Waals surface area (Å²) in [5.74, 6) is 1.41. The maximum atomic E-state index is 6.46. The predicted molar refractivity (Wildman–Crippen MR) is 54.0 cm³/mol. The highest BCUT2D eigenvalue weighted by atomic mass is 14.8. The summed E-state index contributed by atoms with van der Waals surface area (Å²) in [5.41, 5.74) is 6.60. The molecule has 0 radical (unpaired) electrons. The SMILES string of the molecule is CCC1CCCCC1(N)C(C)C. The standard InChI is InChI=1S/C11H23N/c1-4-10-7-5-6-8-11(10,12)9(2)3/h9-10H,4-8,12H2,1-3H3. The van der Waals surface area contributed by atoms with Gasteiger partial charge in [0, 0.05) is 5.54 Å². The van der Waals surface area contributed by atoms with Crippen LogP contribution in [0.2, 0.25) is 0 Å². The lowest BCUT2D eigenvalue weighted by Crippen LogP contribution is -2.53. The van der Waals surface area contributed by atoms with Gasteiger partial charge in [-0.15, -0.1) is 0 Å². The Bertz CT molecular complexity index is 142. The molecule has 1 aliphatic rings. The number of hydrogen-bond acceptors (Lipinski definition) is 1. The van der Waals surface area contributed by atoms with Gasteiger partial charge in [0.15, 0.2) is 0 Å². The Morgan fingerprint density at radius 2 is 2.08 bits per heavy atom. The van der Waals surface area contributed by atoms with Crippen molar-refractivity contribution in [2.24, 2.45) is 17.6 Å². The normalized spacial score (nSPS) is 37.2. The first-order chi connectivity index (χ1) is 5.61. The average Bonchev–Trinajstić information content (AvgIpc) is 2.05. The van der Waals surface area contributed by atoms with Gasteiger partial charge in [-0.05, 0) is 24.7 Å². The van der Waals surface area contributed by atoms with Crippen molar-refractivity contribution in [3.63, 3.8) is 0 Å². The highest BCUT2D eigenvalue weighted by Gasteiger charge is 2.38. The molecule has 0 aromatic heterocycles. The second-order valence-corrected chi connectivity index (χ2v) is 4.62. The van der Waals surface area contributed by atoms with Crippen LogP contribution in [0.25, 0.3) is 0 Å². The van der Waals surface area contributed by atoms with E-state index in [0.717, 1.165) is 5.92 Å². The zero-order valence-electron chi connectivity index (χ0n) is 8.77. The third-order valence-corrected chi connectivity index (χ3v) is 3.74. The van der Waals surface area contributed by atoms with Crippen molar-refractivity contribution in [3.8, 4) is 0 Å². The molecule has 1 heteroatoms. The summed E-state index contributed by atoms with van der Waals surface area (Å²) in [7, 11) is 0. The van der Waals surface area contributed by atoms with Crippen LogP contribution in [0.5, 0.6) is 0 Å². The summed E-state index contributed by atoms with van der Waals surface area (Å²) in [5, 5.41) is 0. The van der Waals surface area contributed by atoms with Crippen LogP contribution < -0.4 is 5.73 Å². The molecule has 2 unspecified atom stereocenters. The molecule has 72 valence electrons. The van der Waals surface area contributed by atoms with Gasteiger partial charge >= 0.3 is 0 Å². The Hall–Kier alpha value is -0.0400. The number of nitrogens with two attached hydrogens (primary N) is 1. The lowest BCUT2D eigenvalue weighted by molar-refractivity contribution is 0.130. The van der Waals surface area contributed by atoms with Crippen molar-refractivity contribution in [3.05, 3.63) is 0 Å². The molecule has 0 aliphatic heterocycles. The van der Waals surface area contributed by atoms with Crippen molar-refractivity contribution in [2.75, 3.05) is 0 Å². The summed E-state index contributed by atoms with van der Waals surface area (Å²) in [6.45, 7) is 6.82. The van der Waals surface area contributed by atoms with E-state index >= 15 is 0 Å². The van der Waals surface area contributed by atoms with Crippen molar-refractivity contribution < 1.29 is 0 Å². The van der Waals surface area contributed by atoms with Crippen LogP contribution in [0, 0.1) is 11.8 Å². The van der Waals surface area contributed by atoms with Crippen LogP contribution in [-0.4, -0.2) is 5.54 Å². The van der Waals surface area contributed by atoms with E-state index < -0.39 is 0 Å². The summed E-state index contributed by atoms with van der Waals surface area (Å²) in [6.07, 6.45) is 6.58. The van der Waals surface area contributed by atoms with E-state index in [1.165, 1.54) is 32.1 Å². The lowest BCUT2D eigenvalue weighted by Gasteiger charge is -2.44. The largest absolute Gasteiger partial charge is 0.325 e. The van der Waals surface area contributed by atoms with E-state index in [1.807, 2.05) is 0 Å². The quantitative estimate of drug-likeness (QED) is 0.675. The Labute approximate surface area is 76.7 Å². The van der Waals surface area contributed by atoms with Crippen LogP contribution in [0.3, 0.4) is 0 Å². The van der Waals surface area contributed by atoms with E-state index in [0.29, 0.717) is 5.92 Å². The van der Waals surface area contributed by atoms with Crippen molar-refractivity contribution >= 4 is 0 Å². The third kappa shape index (κ3) is 1.66. The average molecular weight is 169 g/mol. The third-order valence-electron chi connectivity index (χ3n) is 3.74. The first kappa shape index (κ1) is 10.0. The van der Waals surface area contributed by atoms with Gasteiger partial charge < -0.3 is 5.73 Å². The maximum absolute atomic E-state index is 6.46. The first-order valence-corrected chi connectivity index (χ1v) is 5.40. The Morgan fingerprint density at radius 3 is 2.50 bits per heavy atom. The second kappa shape index (κ2) is 3.78. The summed E-state index contributed by atoms with van der Waals surface area (Å²) in [4.78, 5) is 0. The van der Waals surface area contributed by atoms with E-state index in [1.54, 1.807) is 0 Å². The molecule has 1 fully saturated rings. The highest BCUT2D eigenvalue weighted by Crippen LogP contribution is 2.38. The summed E-state index contributed by atoms with van der Waals surface area (Å²) >= 11 is 0. The maximum Gasteiger partial charge on any atom is 0.0206 e. The van der Waals surface area contributed by atoms with Crippen LogP contribution in [0.1, 0.15) is 52.9 Å². The molecular formula is C11H23N. The second-order valence-electron chi connectivity index (χ2n) is 4.62. The van der Waals surface area contributed by atoms with Gasteiger partial charge in [0.1, 0.15) is 0 Å². The van der Waals surface area contributed by atoms with Gasteiger partial charge in [0.25, 0.3) is 0 Å². The molecule has 0 aromatic carbocycles. The first-order valence-electron chi connectivity index (χ1n) is 5.40. The molecule has 0 amide bonds. The fourth-order valence-corrected chi connectivity index (χ4v) is 2.64. The smallest absolute Gasteiger partial charge is 0.0206 e. The Morgan fingerprint density at radius 1 is 1.42 bits per heavy atom. The predicted octanol–water partition coefficient (Wildman–Crippen LogP) is 2.94. The zero-order chi connectivity index (χ0) is 9.19. The minimum absolute atomic E-state index is 0.146. The van der Waals surface area contributed by atoms with E-state index in [4.69, 9.17) is 5.73 Å². The van der Waals surface area contributed by atoms with E-state index in [-0.39, 0.29) is 5.54 Å². The van der Waals surface area contributed by atoms with E-state index in [2.05, 4.69) is 20.8 Å². The van der Waals surface area contributed by atoms with Gasteiger partial charge in [0.2, 0.25) is 0 Å². The monoisotopic (exact) mass is 169 g/mol. The molecule has 2 atom stereocenters. The Kier molecular flexibility index (Phi) is 3.16. The molecule has 1 aliphatic carbocycles. The van der Waals surface area contributed by atoms with Gasteiger partial charge in [-0.1, -0.05) is 40.0 Å². The number of rotatable bonds is 2. The van der Waals surface area contributed by atoms with Crippen molar-refractivity contribution in [1.82, 2.24) is 0 Å². The zero-order valence-corrected chi connectivity index (χ0v) is 8.77. The molecular weight excluding hydrogens is 146 g/mol. The molecule has 1 nitrogen and oxygen atoms in total. The van der Waals surface area contributed by atoms with Gasteiger partial charge in [0.05, 0.1) is 0 Å². The molecule has 0 bridgehead atoms. The molecule has 0 aromatic rings. The van der Waals surface area contributed by atoms with Crippen molar-refractivity contribution in [2.45, 2.75) is 58.4 Å². The number of hydrogen-bond donors (Lipinski definition) is 1. The fraction of sp³-hybridized carbons (Fsp3) is 1.00.